The van der Waals surface area contributed by atoms with Crippen molar-refractivity contribution < 1.29 is 19.1 Å². The van der Waals surface area contributed by atoms with Gasteiger partial charge in [-0.05, 0) is 79.3 Å². The molecule has 41 heavy (non-hydrogen) atoms. The lowest BCUT2D eigenvalue weighted by Gasteiger charge is -2.33. The molecule has 4 aromatic heterocycles. The normalized spacial score (nSPS) is 20.0. The van der Waals surface area contributed by atoms with Gasteiger partial charge in [-0.2, -0.15) is 17.9 Å². The molecular weight excluding hydrogens is 561 g/mol. The Morgan fingerprint density at radius 2 is 1.88 bits per heavy atom. The molecular formula is C30H34FN5O3S2. The van der Waals surface area contributed by atoms with Crippen molar-refractivity contribution in [3.8, 4) is 11.3 Å². The van der Waals surface area contributed by atoms with E-state index in [-0.39, 0.29) is 38.4 Å². The van der Waals surface area contributed by atoms with Crippen LogP contribution in [0.25, 0.3) is 16.9 Å². The van der Waals surface area contributed by atoms with Crippen molar-refractivity contribution in [3.63, 3.8) is 0 Å². The van der Waals surface area contributed by atoms with Crippen LogP contribution in [0.2, 0.25) is 0 Å². The van der Waals surface area contributed by atoms with E-state index in [1.807, 2.05) is 21.6 Å². The lowest BCUT2D eigenvalue weighted by Crippen LogP contribution is -2.38. The molecule has 7 rings (SSSR count). The van der Waals surface area contributed by atoms with Gasteiger partial charge in [-0.1, -0.05) is 7.43 Å². The number of hydrogen-bond acceptors (Lipinski definition) is 6. The molecule has 6 heterocycles. The number of pyridine rings is 2. The summed E-state index contributed by atoms with van der Waals surface area (Å²) < 4.78 is 17.1. The zero-order valence-corrected chi connectivity index (χ0v) is 23.8. The summed E-state index contributed by atoms with van der Waals surface area (Å²) in [5.41, 5.74) is 4.34. The molecule has 216 valence electrons. The number of thiophene rings is 1. The first-order valence-corrected chi connectivity index (χ1v) is 14.3. The molecule has 0 radical (unpaired) electrons. The lowest BCUT2D eigenvalue weighted by atomic mass is 10.00. The molecule has 2 atom stereocenters. The molecule has 0 bridgehead atoms. The van der Waals surface area contributed by atoms with E-state index in [1.54, 1.807) is 34.6 Å². The van der Waals surface area contributed by atoms with Gasteiger partial charge in [0.25, 0.3) is 5.91 Å². The van der Waals surface area contributed by atoms with Gasteiger partial charge in [0, 0.05) is 36.9 Å². The van der Waals surface area contributed by atoms with Crippen molar-refractivity contribution in [2.24, 2.45) is 5.92 Å². The average molecular weight is 596 g/mol. The number of fused-ring (bicyclic) bond motifs is 2. The van der Waals surface area contributed by atoms with Crippen LogP contribution in [0.3, 0.4) is 0 Å². The topological polar surface area (TPSA) is 91.0 Å². The zero-order valence-electron chi connectivity index (χ0n) is 22.0. The van der Waals surface area contributed by atoms with Crippen LogP contribution in [-0.4, -0.2) is 55.9 Å². The maximum Gasteiger partial charge on any atom is 0.308 e. The van der Waals surface area contributed by atoms with Crippen LogP contribution in [0.5, 0.6) is 0 Å². The fourth-order valence-corrected chi connectivity index (χ4v) is 6.94. The Kier molecular flexibility index (Phi) is 7.86. The van der Waals surface area contributed by atoms with Crippen molar-refractivity contribution in [1.82, 2.24) is 19.3 Å². The third-order valence-corrected chi connectivity index (χ3v) is 9.35. The summed E-state index contributed by atoms with van der Waals surface area (Å²) in [6.45, 7) is 3.62. The summed E-state index contributed by atoms with van der Waals surface area (Å²) in [6, 6.07) is 7.49. The summed E-state index contributed by atoms with van der Waals surface area (Å²) in [6.07, 6.45) is 7.06. The highest BCUT2D eigenvalue weighted by molar-refractivity contribution is 7.59. The third-order valence-electron chi connectivity index (χ3n) is 8.35. The van der Waals surface area contributed by atoms with Gasteiger partial charge in [-0.25, -0.2) is 9.97 Å². The van der Waals surface area contributed by atoms with E-state index in [0.29, 0.717) is 49.0 Å². The molecule has 2 fully saturated rings. The third kappa shape index (κ3) is 5.10. The SMILES string of the molecule is C.C[C@@H]1c2ccsc2CCN1C(=O)c1cc(C2CC2)c2nc(-c3ccc(N4CC[C@H](C(=O)O)C4)nc3F)cn2c1.S. The minimum Gasteiger partial charge on any atom is -0.481 e. The van der Waals surface area contributed by atoms with E-state index in [9.17, 15) is 14.7 Å². The van der Waals surface area contributed by atoms with Gasteiger partial charge < -0.3 is 19.3 Å². The molecule has 2 aliphatic heterocycles. The maximum absolute atomic E-state index is 15.3. The summed E-state index contributed by atoms with van der Waals surface area (Å²) in [4.78, 5) is 39.1. The second-order valence-electron chi connectivity index (χ2n) is 10.8. The summed E-state index contributed by atoms with van der Waals surface area (Å²) in [5.74, 6) is -1.17. The van der Waals surface area contributed by atoms with Gasteiger partial charge in [0.2, 0.25) is 5.95 Å². The molecule has 1 aliphatic carbocycles. The number of carbonyl (C=O) groups excluding carboxylic acids is 1. The standard InChI is InChI=1S/C29H28FN5O3S.CH4.H2S/c1-16-20-8-11-39-24(20)7-10-35(16)28(36)19-12-22(17-2-3-17)27-31-23(15-34(27)14-19)21-4-5-25(32-26(21)30)33-9-6-18(13-33)29(37)38;;/h4-5,8,11-12,14-18H,2-3,6-7,9-10,13H2,1H3,(H,37,38);1H4;1H2/t16-,18+;;/m1../s1. The largest absolute Gasteiger partial charge is 0.481 e. The number of aliphatic carboxylic acids is 1. The summed E-state index contributed by atoms with van der Waals surface area (Å²) in [5, 5.41) is 11.4. The van der Waals surface area contributed by atoms with Gasteiger partial charge in [0.1, 0.15) is 11.5 Å². The van der Waals surface area contributed by atoms with Crippen LogP contribution >= 0.6 is 24.8 Å². The van der Waals surface area contributed by atoms with Gasteiger partial charge >= 0.3 is 5.97 Å². The zero-order chi connectivity index (χ0) is 26.8. The van der Waals surface area contributed by atoms with Gasteiger partial charge in [-0.15, -0.1) is 11.3 Å². The van der Waals surface area contributed by atoms with Crippen molar-refractivity contribution in [3.05, 3.63) is 69.6 Å². The Morgan fingerprint density at radius 1 is 1.07 bits per heavy atom. The minimum atomic E-state index is -0.838. The number of carboxylic acid groups (broad SMARTS) is 1. The predicted molar refractivity (Wildman–Crippen MR) is 163 cm³/mol. The number of imidazole rings is 1. The number of amides is 1. The number of rotatable bonds is 5. The molecule has 0 aromatic carbocycles. The Bertz CT molecular complexity index is 1630. The quantitative estimate of drug-likeness (QED) is 0.289. The highest BCUT2D eigenvalue weighted by atomic mass is 32.1. The smallest absolute Gasteiger partial charge is 0.308 e. The summed E-state index contributed by atoms with van der Waals surface area (Å²) >= 11 is 1.75. The van der Waals surface area contributed by atoms with Gasteiger partial charge in [0.15, 0.2) is 0 Å². The number of nitrogens with zero attached hydrogens (tertiary/aromatic N) is 5. The highest BCUT2D eigenvalue weighted by Gasteiger charge is 2.33. The van der Waals surface area contributed by atoms with Gasteiger partial charge in [0.05, 0.1) is 28.8 Å². The summed E-state index contributed by atoms with van der Waals surface area (Å²) in [7, 11) is 0. The number of anilines is 1. The Balaban J connectivity index is 0.00000169. The molecule has 8 nitrogen and oxygen atoms in total. The molecule has 11 heteroatoms. The molecule has 1 amide bonds. The van der Waals surface area contributed by atoms with Crippen LogP contribution in [0.1, 0.15) is 71.9 Å². The molecule has 0 spiro atoms. The van der Waals surface area contributed by atoms with Crippen LogP contribution in [0.4, 0.5) is 10.2 Å². The van der Waals surface area contributed by atoms with E-state index in [2.05, 4.69) is 23.4 Å². The Morgan fingerprint density at radius 3 is 2.59 bits per heavy atom. The van der Waals surface area contributed by atoms with Crippen LogP contribution in [-0.2, 0) is 11.2 Å². The van der Waals surface area contributed by atoms with E-state index in [1.165, 1.54) is 10.4 Å². The van der Waals surface area contributed by atoms with Crippen molar-refractivity contribution in [1.29, 1.82) is 0 Å². The van der Waals surface area contributed by atoms with Crippen molar-refractivity contribution >= 4 is 48.2 Å². The minimum absolute atomic E-state index is 0. The van der Waals surface area contributed by atoms with Crippen molar-refractivity contribution in [2.45, 2.75) is 52.0 Å². The van der Waals surface area contributed by atoms with Crippen LogP contribution < -0.4 is 4.90 Å². The van der Waals surface area contributed by atoms with E-state index < -0.39 is 17.8 Å². The van der Waals surface area contributed by atoms with Crippen molar-refractivity contribution in [2.75, 3.05) is 24.5 Å². The molecule has 1 saturated heterocycles. The number of carbonyl (C=O) groups is 2. The average Bonchev–Trinajstić information content (AvgIpc) is 3.31. The number of aromatic nitrogens is 3. The van der Waals surface area contributed by atoms with Crippen LogP contribution in [0, 0.1) is 11.9 Å². The second-order valence-corrected chi connectivity index (χ2v) is 11.8. The first kappa shape index (κ1) is 29.1. The number of hydrogen-bond donors (Lipinski definition) is 1. The maximum atomic E-state index is 15.3. The molecule has 3 aliphatic rings. The Hall–Kier alpha value is -3.44. The second kappa shape index (κ2) is 11.1. The fraction of sp³-hybridized carbons (Fsp3) is 0.400. The van der Waals surface area contributed by atoms with Crippen LogP contribution in [0.15, 0.2) is 42.0 Å². The van der Waals surface area contributed by atoms with E-state index in [0.717, 1.165) is 30.5 Å². The first-order valence-electron chi connectivity index (χ1n) is 13.4. The molecule has 1 saturated carbocycles. The monoisotopic (exact) mass is 595 g/mol. The number of carboxylic acids is 1. The molecule has 4 aromatic rings. The van der Waals surface area contributed by atoms with Gasteiger partial charge in [-0.3, -0.25) is 9.59 Å². The fourth-order valence-electron chi connectivity index (χ4n) is 5.98. The van der Waals surface area contributed by atoms with E-state index in [4.69, 9.17) is 4.98 Å². The number of halogens is 1. The molecule has 0 unspecified atom stereocenters. The highest BCUT2D eigenvalue weighted by Crippen LogP contribution is 2.43. The first-order chi connectivity index (χ1) is 18.9. The molecule has 1 N–H and O–H groups in total. The lowest BCUT2D eigenvalue weighted by molar-refractivity contribution is -0.140. The Labute approximate surface area is 249 Å². The predicted octanol–water partition coefficient (Wildman–Crippen LogP) is 5.89. The van der Waals surface area contributed by atoms with E-state index >= 15 is 4.39 Å².